The Balaban J connectivity index is 1.74. The molecule has 1 amide bonds. The molecule has 0 fully saturated rings. The Kier molecular flexibility index (Phi) is 2.72. The topological polar surface area (TPSA) is 81.9 Å². The Morgan fingerprint density at radius 1 is 1.25 bits per heavy atom. The molecule has 24 heavy (non-hydrogen) atoms. The summed E-state index contributed by atoms with van der Waals surface area (Å²) in [6.45, 7) is 0.181. The quantitative estimate of drug-likeness (QED) is 0.732. The molecule has 0 radical (unpaired) electrons. The zero-order chi connectivity index (χ0) is 16.3. The van der Waals surface area contributed by atoms with E-state index >= 15 is 0 Å². The summed E-state index contributed by atoms with van der Waals surface area (Å²) in [6, 6.07) is 5.50. The number of fused-ring (bicyclic) bond motifs is 4. The third kappa shape index (κ3) is 1.86. The number of benzene rings is 1. The Morgan fingerprint density at radius 3 is 3.04 bits per heavy atom. The van der Waals surface area contributed by atoms with Gasteiger partial charge in [-0.05, 0) is 17.7 Å². The normalized spacial score (nSPS) is 18.5. The molecule has 3 aromatic rings. The first-order valence-corrected chi connectivity index (χ1v) is 8.28. The second-order valence-electron chi connectivity index (χ2n) is 5.65. The van der Waals surface area contributed by atoms with E-state index < -0.39 is 0 Å². The van der Waals surface area contributed by atoms with Crippen molar-refractivity contribution in [3.05, 3.63) is 51.3 Å². The second-order valence-corrected chi connectivity index (χ2v) is 6.53. The summed E-state index contributed by atoms with van der Waals surface area (Å²) in [4.78, 5) is 29.5. The number of nitrogens with zero attached hydrogens (tertiary/aromatic N) is 2. The largest absolute Gasteiger partial charge is 0.454 e. The van der Waals surface area contributed by atoms with Crippen LogP contribution < -0.4 is 20.3 Å². The summed E-state index contributed by atoms with van der Waals surface area (Å²) >= 11 is 1.35. The monoisotopic (exact) mass is 341 g/mol. The predicted octanol–water partition coefficient (Wildman–Crippen LogP) is 1.96. The highest BCUT2D eigenvalue weighted by Gasteiger charge is 2.32. The van der Waals surface area contributed by atoms with Crippen molar-refractivity contribution in [1.29, 1.82) is 0 Å². The Morgan fingerprint density at radius 2 is 2.12 bits per heavy atom. The molecule has 1 aromatic carbocycles. The van der Waals surface area contributed by atoms with E-state index in [2.05, 4.69) is 10.3 Å². The van der Waals surface area contributed by atoms with E-state index in [1.807, 2.05) is 17.5 Å². The number of rotatable bonds is 1. The van der Waals surface area contributed by atoms with Gasteiger partial charge in [-0.3, -0.25) is 14.0 Å². The molecule has 0 saturated heterocycles. The van der Waals surface area contributed by atoms with Gasteiger partial charge in [0, 0.05) is 23.9 Å². The van der Waals surface area contributed by atoms with Crippen LogP contribution in [-0.4, -0.2) is 22.1 Å². The summed E-state index contributed by atoms with van der Waals surface area (Å²) in [5, 5.41) is 4.65. The summed E-state index contributed by atoms with van der Waals surface area (Å²) < 4.78 is 12.5. The number of aromatic nitrogens is 2. The van der Waals surface area contributed by atoms with Crippen LogP contribution in [0.3, 0.4) is 0 Å². The number of hydrogen-bond acceptors (Lipinski definition) is 6. The SMILES string of the molecule is O=C1C[C@@H](c2ccc3c(c2)OCO3)c2c(n3ccsc3nc2=O)N1. The number of anilines is 1. The van der Waals surface area contributed by atoms with Gasteiger partial charge in [0.15, 0.2) is 16.5 Å². The number of carbonyl (C=O) groups is 1. The average molecular weight is 341 g/mol. The molecule has 7 nitrogen and oxygen atoms in total. The van der Waals surface area contributed by atoms with E-state index in [4.69, 9.17) is 9.47 Å². The lowest BCUT2D eigenvalue weighted by molar-refractivity contribution is -0.116. The zero-order valence-corrected chi connectivity index (χ0v) is 13.1. The molecule has 2 aromatic heterocycles. The molecular formula is C16H11N3O4S. The molecule has 0 unspecified atom stereocenters. The molecule has 5 rings (SSSR count). The minimum absolute atomic E-state index is 0.129. The lowest BCUT2D eigenvalue weighted by Crippen LogP contribution is -2.31. The van der Waals surface area contributed by atoms with Crippen molar-refractivity contribution in [3.63, 3.8) is 0 Å². The minimum atomic E-state index is -0.361. The smallest absolute Gasteiger partial charge is 0.279 e. The molecule has 2 aliphatic heterocycles. The highest BCUT2D eigenvalue weighted by molar-refractivity contribution is 7.15. The van der Waals surface area contributed by atoms with Crippen molar-refractivity contribution in [2.75, 3.05) is 12.1 Å². The molecule has 0 spiro atoms. The van der Waals surface area contributed by atoms with Crippen molar-refractivity contribution in [1.82, 2.24) is 9.38 Å². The van der Waals surface area contributed by atoms with Crippen LogP contribution in [0.5, 0.6) is 11.5 Å². The molecule has 0 aliphatic carbocycles. The van der Waals surface area contributed by atoms with E-state index in [-0.39, 0.29) is 30.6 Å². The minimum Gasteiger partial charge on any atom is -0.454 e. The van der Waals surface area contributed by atoms with Crippen LogP contribution in [0.2, 0.25) is 0 Å². The first-order valence-electron chi connectivity index (χ1n) is 7.40. The highest BCUT2D eigenvalue weighted by Crippen LogP contribution is 2.40. The highest BCUT2D eigenvalue weighted by atomic mass is 32.1. The molecule has 0 bridgehead atoms. The fraction of sp³-hybridized carbons (Fsp3) is 0.188. The lowest BCUT2D eigenvalue weighted by atomic mass is 9.86. The van der Waals surface area contributed by atoms with Crippen molar-refractivity contribution in [2.45, 2.75) is 12.3 Å². The van der Waals surface area contributed by atoms with Crippen LogP contribution >= 0.6 is 11.3 Å². The Bertz CT molecular complexity index is 1060. The lowest BCUT2D eigenvalue weighted by Gasteiger charge is -2.25. The first-order chi connectivity index (χ1) is 11.7. The van der Waals surface area contributed by atoms with Gasteiger partial charge in [-0.1, -0.05) is 6.07 Å². The summed E-state index contributed by atoms with van der Waals surface area (Å²) in [6.07, 6.45) is 1.99. The van der Waals surface area contributed by atoms with E-state index in [9.17, 15) is 9.59 Å². The molecule has 0 saturated carbocycles. The van der Waals surface area contributed by atoms with Crippen LogP contribution in [0.25, 0.3) is 4.96 Å². The van der Waals surface area contributed by atoms with Crippen molar-refractivity contribution in [3.8, 4) is 11.5 Å². The number of nitrogens with one attached hydrogen (secondary N) is 1. The molecule has 4 heterocycles. The maximum Gasteiger partial charge on any atom is 0.279 e. The van der Waals surface area contributed by atoms with Gasteiger partial charge in [0.05, 0.1) is 5.56 Å². The molecule has 120 valence electrons. The Labute approximate surface area is 139 Å². The molecule has 1 N–H and O–H groups in total. The van der Waals surface area contributed by atoms with Crippen LogP contribution in [0.1, 0.15) is 23.5 Å². The summed E-state index contributed by atoms with van der Waals surface area (Å²) in [5.74, 6) is 1.31. The fourth-order valence-electron chi connectivity index (χ4n) is 3.23. The van der Waals surface area contributed by atoms with Crippen molar-refractivity contribution in [2.24, 2.45) is 0 Å². The predicted molar refractivity (Wildman–Crippen MR) is 87.0 cm³/mol. The van der Waals surface area contributed by atoms with Gasteiger partial charge in [0.2, 0.25) is 12.7 Å². The van der Waals surface area contributed by atoms with Gasteiger partial charge in [-0.15, -0.1) is 11.3 Å². The maximum atomic E-state index is 12.6. The van der Waals surface area contributed by atoms with Crippen LogP contribution in [0, 0.1) is 0 Å². The molecule has 1 atom stereocenters. The van der Waals surface area contributed by atoms with E-state index in [1.54, 1.807) is 16.7 Å². The van der Waals surface area contributed by atoms with Gasteiger partial charge in [-0.25, -0.2) is 0 Å². The first kappa shape index (κ1) is 13.6. The van der Waals surface area contributed by atoms with E-state index in [0.717, 1.165) is 5.56 Å². The standard InChI is InChI=1S/C16H11N3O4S/c20-12-6-9(8-1-2-10-11(5-8)23-7-22-10)13-14(17-12)19-3-4-24-16(19)18-15(13)21/h1-5,9H,6-7H2,(H,17,20)/t9-/m0/s1. The third-order valence-corrected chi connectivity index (χ3v) is 5.06. The van der Waals surface area contributed by atoms with Gasteiger partial charge >= 0.3 is 0 Å². The molecule has 8 heteroatoms. The van der Waals surface area contributed by atoms with Gasteiger partial charge in [0.25, 0.3) is 5.56 Å². The number of thiazole rings is 1. The van der Waals surface area contributed by atoms with E-state index in [1.165, 1.54) is 11.3 Å². The third-order valence-electron chi connectivity index (χ3n) is 4.31. The van der Waals surface area contributed by atoms with Crippen LogP contribution in [0.4, 0.5) is 5.82 Å². The number of ether oxygens (including phenoxy) is 2. The Hall–Kier alpha value is -2.87. The number of hydrogen-bond donors (Lipinski definition) is 1. The van der Waals surface area contributed by atoms with Crippen molar-refractivity contribution >= 4 is 28.0 Å². The summed E-state index contributed by atoms with van der Waals surface area (Å²) in [7, 11) is 0. The van der Waals surface area contributed by atoms with Gasteiger partial charge in [0.1, 0.15) is 5.82 Å². The van der Waals surface area contributed by atoms with E-state index in [0.29, 0.717) is 27.8 Å². The van der Waals surface area contributed by atoms with Crippen LogP contribution in [-0.2, 0) is 4.79 Å². The summed E-state index contributed by atoms with van der Waals surface area (Å²) in [5.41, 5.74) is 1.03. The molecule has 2 aliphatic rings. The van der Waals surface area contributed by atoms with Gasteiger partial charge in [-0.2, -0.15) is 4.98 Å². The fourth-order valence-corrected chi connectivity index (χ4v) is 3.93. The average Bonchev–Trinajstić information content (AvgIpc) is 3.21. The van der Waals surface area contributed by atoms with Crippen LogP contribution in [0.15, 0.2) is 34.6 Å². The molecular weight excluding hydrogens is 330 g/mol. The number of carbonyl (C=O) groups excluding carboxylic acids is 1. The van der Waals surface area contributed by atoms with Gasteiger partial charge < -0.3 is 14.8 Å². The maximum absolute atomic E-state index is 12.6. The van der Waals surface area contributed by atoms with Crippen molar-refractivity contribution < 1.29 is 14.3 Å². The number of amides is 1. The second kappa shape index (κ2) is 4.81. The zero-order valence-electron chi connectivity index (χ0n) is 12.3.